The molecule has 3 fully saturated rings. The Labute approximate surface area is 288 Å². The Morgan fingerprint density at radius 1 is 0.776 bits per heavy atom. The minimum atomic E-state index is -0.597. The zero-order chi connectivity index (χ0) is 35.8. The second-order valence-corrected chi connectivity index (χ2v) is 11.2. The van der Waals surface area contributed by atoms with Crippen LogP contribution in [-0.2, 0) is 4.74 Å². The molecule has 0 radical (unpaired) electrons. The third-order valence-electron chi connectivity index (χ3n) is 7.69. The van der Waals surface area contributed by atoms with Crippen LogP contribution in [0.15, 0.2) is 48.7 Å². The van der Waals surface area contributed by atoms with Crippen LogP contribution in [0.1, 0.15) is 103 Å². The van der Waals surface area contributed by atoms with E-state index in [1.54, 1.807) is 12.1 Å². The number of rotatable bonds is 5. The molecule has 264 valence electrons. The fraction of sp³-hybridized carbons (Fsp3) is 0.486. The fourth-order valence-electron chi connectivity index (χ4n) is 4.95. The Kier molecular flexibility index (Phi) is 15.5. The molecule has 4 N–H and O–H groups in total. The molecule has 0 spiro atoms. The molecule has 2 saturated heterocycles. The van der Waals surface area contributed by atoms with Crippen molar-refractivity contribution in [3.05, 3.63) is 71.0 Å². The molecule has 49 heavy (non-hydrogen) atoms. The maximum Gasteiger partial charge on any atom is 0.270 e. The van der Waals surface area contributed by atoms with E-state index in [-0.39, 0.29) is 11.6 Å². The highest BCUT2D eigenvalue weighted by atomic mass is 16.5. The summed E-state index contributed by atoms with van der Waals surface area (Å²) in [6.07, 6.45) is 7.26. The molecule has 7 rings (SSSR count). The third kappa shape index (κ3) is 11.3. The summed E-state index contributed by atoms with van der Waals surface area (Å²) >= 11 is 0. The van der Waals surface area contributed by atoms with Gasteiger partial charge in [0.1, 0.15) is 5.52 Å². The Morgan fingerprint density at radius 3 is 1.96 bits per heavy atom. The summed E-state index contributed by atoms with van der Waals surface area (Å²) in [6, 6.07) is 13.4. The van der Waals surface area contributed by atoms with Crippen LogP contribution in [0.3, 0.4) is 0 Å². The Bertz CT molecular complexity index is 1610. The van der Waals surface area contributed by atoms with E-state index in [1.165, 1.54) is 18.2 Å². The Hall–Kier alpha value is -4.98. The normalized spacial score (nSPS) is 15.1. The van der Waals surface area contributed by atoms with E-state index >= 15 is 0 Å². The number of anilines is 1. The first-order chi connectivity index (χ1) is 23.8. The molecular weight excluding hydrogens is 624 g/mol. The summed E-state index contributed by atoms with van der Waals surface area (Å²) in [4.78, 5) is 41.7. The average Bonchev–Trinajstić information content (AvgIpc) is 3.92. The van der Waals surface area contributed by atoms with Crippen molar-refractivity contribution >= 4 is 34.7 Å². The van der Waals surface area contributed by atoms with E-state index in [9.17, 15) is 14.4 Å². The van der Waals surface area contributed by atoms with Crippen molar-refractivity contribution < 1.29 is 19.1 Å². The smallest absolute Gasteiger partial charge is 0.270 e. The maximum atomic E-state index is 12.0. The van der Waals surface area contributed by atoms with Crippen LogP contribution in [0.4, 0.5) is 5.95 Å². The first kappa shape index (κ1) is 38.5. The van der Waals surface area contributed by atoms with Gasteiger partial charge in [-0.05, 0) is 69.4 Å². The van der Waals surface area contributed by atoms with E-state index in [0.717, 1.165) is 55.4 Å². The van der Waals surface area contributed by atoms with Crippen molar-refractivity contribution in [2.75, 3.05) is 44.3 Å². The van der Waals surface area contributed by atoms with Gasteiger partial charge in [0.15, 0.2) is 5.69 Å². The van der Waals surface area contributed by atoms with Crippen LogP contribution in [0, 0.1) is 6.92 Å². The molecular formula is C35H50N10O4. The highest BCUT2D eigenvalue weighted by Gasteiger charge is 2.26. The number of hydrogen-bond acceptors (Lipinski definition) is 10. The summed E-state index contributed by atoms with van der Waals surface area (Å²) < 4.78 is 7.13. The molecule has 4 aromatic rings. The van der Waals surface area contributed by atoms with Crippen molar-refractivity contribution in [2.24, 2.45) is 11.5 Å². The molecule has 14 nitrogen and oxygen atoms in total. The third-order valence-corrected chi connectivity index (χ3v) is 7.69. The first-order valence-corrected chi connectivity index (χ1v) is 17.1. The Morgan fingerprint density at radius 2 is 1.41 bits per heavy atom. The summed E-state index contributed by atoms with van der Waals surface area (Å²) in [5, 5.41) is 15.7. The number of carbonyl (C=O) groups is 3. The van der Waals surface area contributed by atoms with Gasteiger partial charge in [0.2, 0.25) is 11.9 Å². The summed E-state index contributed by atoms with van der Waals surface area (Å²) in [5.41, 5.74) is 14.5. The van der Waals surface area contributed by atoms with Crippen molar-refractivity contribution in [3.8, 4) is 0 Å². The number of morpholine rings is 1. The standard InChI is InChI=1S/C12H15NO2.C10H10N4O.C9H13N5O.2C2H6/c1-10-2-4-11(5-3-10)12(14)13-6-8-15-9-7-13;11-10(15)6-1-4-9-8(5-6)12-13-14(9)7-2-3-7;10-8(15)7-6-11-9(13-12-7)14-4-2-1-3-5-14;2*1-2/h2-5H,6-9H2,1H3;1,4-5,7H,2-3H2,(H2,11,15);6H,1-5H2,(H2,10,15);2*1-2H3. The van der Waals surface area contributed by atoms with Gasteiger partial charge in [-0.1, -0.05) is 50.6 Å². The lowest BCUT2D eigenvalue weighted by Gasteiger charge is -2.26. The summed E-state index contributed by atoms with van der Waals surface area (Å²) in [7, 11) is 0. The number of piperidine rings is 1. The second-order valence-electron chi connectivity index (χ2n) is 11.2. The quantitative estimate of drug-likeness (QED) is 0.308. The van der Waals surface area contributed by atoms with Gasteiger partial charge in [-0.2, -0.15) is 0 Å². The number of ether oxygens (including phenoxy) is 1. The van der Waals surface area contributed by atoms with Gasteiger partial charge in [-0.15, -0.1) is 15.3 Å². The van der Waals surface area contributed by atoms with Gasteiger partial charge >= 0.3 is 0 Å². The number of benzene rings is 2. The number of aromatic nitrogens is 6. The lowest BCUT2D eigenvalue weighted by Crippen LogP contribution is -2.40. The second kappa shape index (κ2) is 19.7. The van der Waals surface area contributed by atoms with E-state index in [1.807, 2.05) is 74.5 Å². The zero-order valence-electron chi connectivity index (χ0n) is 29.3. The van der Waals surface area contributed by atoms with Crippen molar-refractivity contribution in [3.63, 3.8) is 0 Å². The van der Waals surface area contributed by atoms with Crippen LogP contribution in [-0.4, -0.2) is 92.2 Å². The minimum Gasteiger partial charge on any atom is -0.378 e. The van der Waals surface area contributed by atoms with E-state index in [4.69, 9.17) is 16.2 Å². The highest BCUT2D eigenvalue weighted by molar-refractivity contribution is 5.96. The molecule has 1 aliphatic carbocycles. The summed E-state index contributed by atoms with van der Waals surface area (Å²) in [6.45, 7) is 14.6. The number of carbonyl (C=O) groups excluding carboxylic acids is 3. The molecule has 2 aliphatic heterocycles. The maximum absolute atomic E-state index is 12.0. The van der Waals surface area contributed by atoms with Gasteiger partial charge in [0, 0.05) is 37.3 Å². The number of primary amides is 2. The van der Waals surface area contributed by atoms with Crippen LogP contribution in [0.2, 0.25) is 0 Å². The molecule has 2 aromatic carbocycles. The lowest BCUT2D eigenvalue weighted by atomic mass is 10.1. The molecule has 1 saturated carbocycles. The largest absolute Gasteiger partial charge is 0.378 e. The number of aryl methyl sites for hydroxylation is 1. The first-order valence-electron chi connectivity index (χ1n) is 17.1. The van der Waals surface area contributed by atoms with Gasteiger partial charge in [-0.25, -0.2) is 9.67 Å². The van der Waals surface area contributed by atoms with Gasteiger partial charge in [-0.3, -0.25) is 14.4 Å². The van der Waals surface area contributed by atoms with E-state index in [0.29, 0.717) is 43.9 Å². The Balaban J connectivity index is 0.000000189. The molecule has 14 heteroatoms. The van der Waals surface area contributed by atoms with Crippen LogP contribution in [0.25, 0.3) is 11.0 Å². The summed E-state index contributed by atoms with van der Waals surface area (Å²) in [5.74, 6) is -0.337. The number of nitrogens with two attached hydrogens (primary N) is 2. The zero-order valence-corrected chi connectivity index (χ0v) is 29.3. The minimum absolute atomic E-state index is 0.107. The average molecular weight is 675 g/mol. The molecule has 2 aromatic heterocycles. The molecule has 3 amide bonds. The van der Waals surface area contributed by atoms with Crippen molar-refractivity contribution in [1.82, 2.24) is 35.1 Å². The molecule has 0 bridgehead atoms. The van der Waals surface area contributed by atoms with Gasteiger partial charge in [0.05, 0.1) is 31.0 Å². The topological polar surface area (TPSA) is 188 Å². The predicted molar refractivity (Wildman–Crippen MR) is 189 cm³/mol. The molecule has 0 unspecified atom stereocenters. The van der Waals surface area contributed by atoms with Gasteiger partial charge in [0.25, 0.3) is 11.8 Å². The van der Waals surface area contributed by atoms with E-state index in [2.05, 4.69) is 30.4 Å². The number of nitrogens with zero attached hydrogens (tertiary/aromatic N) is 8. The van der Waals surface area contributed by atoms with Crippen molar-refractivity contribution in [1.29, 1.82) is 0 Å². The predicted octanol–water partition coefficient (Wildman–Crippen LogP) is 4.35. The van der Waals surface area contributed by atoms with E-state index < -0.39 is 11.8 Å². The molecule has 0 atom stereocenters. The van der Waals surface area contributed by atoms with Crippen LogP contribution < -0.4 is 16.4 Å². The number of amides is 3. The highest BCUT2D eigenvalue weighted by Crippen LogP contribution is 2.36. The monoisotopic (exact) mass is 674 g/mol. The number of fused-ring (bicyclic) bond motifs is 1. The molecule has 3 aliphatic rings. The number of hydrogen-bond donors (Lipinski definition) is 2. The molecule has 4 heterocycles. The SMILES string of the molecule is CC.CC.Cc1ccc(C(=O)N2CCOCC2)cc1.NC(=O)c1ccc2c(c1)nnn2C1CC1.NC(=O)c1cnc(N2CCCCC2)nn1. The fourth-order valence-corrected chi connectivity index (χ4v) is 4.95. The van der Waals surface area contributed by atoms with Crippen molar-refractivity contribution in [2.45, 2.75) is 72.8 Å². The van der Waals surface area contributed by atoms with Gasteiger partial charge < -0.3 is 26.0 Å². The van der Waals surface area contributed by atoms with Crippen LogP contribution >= 0.6 is 0 Å². The lowest BCUT2D eigenvalue weighted by molar-refractivity contribution is 0.0303. The van der Waals surface area contributed by atoms with Crippen LogP contribution in [0.5, 0.6) is 0 Å².